The molecule has 0 saturated carbocycles. The van der Waals surface area contributed by atoms with Crippen LogP contribution >= 0.6 is 34.8 Å². The van der Waals surface area contributed by atoms with Gasteiger partial charge in [-0.25, -0.2) is 17.2 Å². The van der Waals surface area contributed by atoms with Gasteiger partial charge in [-0.05, 0) is 0 Å². The summed E-state index contributed by atoms with van der Waals surface area (Å²) in [7, 11) is -8.35. The normalized spacial score (nSPS) is 13.4. The molecule has 0 atom stereocenters. The molecule has 0 amide bonds. The first-order valence-electron chi connectivity index (χ1n) is 5.41. The van der Waals surface area contributed by atoms with Crippen molar-refractivity contribution in [1.29, 1.82) is 0 Å². The summed E-state index contributed by atoms with van der Waals surface area (Å²) in [6, 6.07) is 0. The molecule has 8 nitrogen and oxygen atoms in total. The van der Waals surface area contributed by atoms with E-state index in [1.807, 2.05) is 0 Å². The first kappa shape index (κ1) is 23.7. The van der Waals surface area contributed by atoms with E-state index in [1.54, 1.807) is 24.7 Å². The maximum absolute atomic E-state index is 11.7. The van der Waals surface area contributed by atoms with Gasteiger partial charge in [0.15, 0.2) is 10.1 Å². The highest BCUT2D eigenvalue weighted by molar-refractivity contribution is 7.86. The molecule has 1 rings (SSSR count). The molecule has 0 aliphatic heterocycles. The largest absolute Gasteiger partial charge is 0.741 e. The van der Waals surface area contributed by atoms with Crippen LogP contribution in [0.3, 0.4) is 0 Å². The Morgan fingerprint density at radius 3 is 1.92 bits per heavy atom. The first-order chi connectivity index (χ1) is 10.4. The van der Waals surface area contributed by atoms with Gasteiger partial charge in [0.1, 0.15) is 19.0 Å². The number of rotatable bonds is 3. The minimum absolute atomic E-state index is 0.476. The predicted molar refractivity (Wildman–Crippen MR) is 76.7 cm³/mol. The van der Waals surface area contributed by atoms with Crippen LogP contribution in [0, 0.1) is 6.92 Å². The smallest absolute Gasteiger partial charge is 0.485 e. The zero-order valence-corrected chi connectivity index (χ0v) is 15.7. The molecule has 0 aliphatic carbocycles. The fourth-order valence-corrected chi connectivity index (χ4v) is 2.42. The van der Waals surface area contributed by atoms with Crippen molar-refractivity contribution in [3.63, 3.8) is 0 Å². The van der Waals surface area contributed by atoms with Crippen LogP contribution in [0.2, 0.25) is 0 Å². The van der Waals surface area contributed by atoms with Gasteiger partial charge in [0, 0.05) is 6.92 Å². The number of aromatic nitrogens is 2. The van der Waals surface area contributed by atoms with E-state index in [-0.39, 0.29) is 0 Å². The van der Waals surface area contributed by atoms with E-state index in [9.17, 15) is 21.6 Å². The van der Waals surface area contributed by atoms with Crippen LogP contribution in [0.1, 0.15) is 5.82 Å². The molecule has 0 N–H and O–H groups in total. The van der Waals surface area contributed by atoms with Crippen molar-refractivity contribution >= 4 is 55.2 Å². The topological polar surface area (TPSA) is 109 Å². The Morgan fingerprint density at radius 1 is 1.25 bits per heavy atom. The van der Waals surface area contributed by atoms with Crippen molar-refractivity contribution in [3.05, 3.63) is 18.2 Å². The molecule has 0 aliphatic rings. The monoisotopic (exact) mass is 456 g/mol. The summed E-state index contributed by atoms with van der Waals surface area (Å²) in [6.07, 6.45) is 2.93. The zero-order valence-electron chi connectivity index (χ0n) is 11.8. The molecular formula is C8H10Cl3F3N2O6S2. The third-order valence-corrected chi connectivity index (χ3v) is 4.33. The third kappa shape index (κ3) is 7.72. The summed E-state index contributed by atoms with van der Waals surface area (Å²) in [4.78, 5) is 0. The summed E-state index contributed by atoms with van der Waals surface area (Å²) < 4.78 is 87.6. The van der Waals surface area contributed by atoms with Crippen LogP contribution in [-0.2, 0) is 31.7 Å². The number of hydrogen-bond acceptors (Lipinski definition) is 6. The van der Waals surface area contributed by atoms with Crippen LogP contribution < -0.4 is 4.57 Å². The van der Waals surface area contributed by atoms with Crippen molar-refractivity contribution in [2.75, 3.05) is 6.61 Å². The van der Waals surface area contributed by atoms with E-state index in [0.29, 0.717) is 5.82 Å². The number of hydrogen-bond donors (Lipinski definition) is 0. The zero-order chi connectivity index (χ0) is 19.6. The van der Waals surface area contributed by atoms with Gasteiger partial charge in [-0.3, -0.25) is 0 Å². The molecule has 0 radical (unpaired) electrons. The van der Waals surface area contributed by atoms with Gasteiger partial charge >= 0.3 is 15.8 Å². The van der Waals surface area contributed by atoms with E-state index in [0.717, 1.165) is 3.97 Å². The molecule has 0 aromatic carbocycles. The Morgan fingerprint density at radius 2 is 1.67 bits per heavy atom. The Balaban J connectivity index is 0.000000561. The first-order valence-corrected chi connectivity index (χ1v) is 9.31. The lowest BCUT2D eigenvalue weighted by Gasteiger charge is -2.09. The predicted octanol–water partition coefficient (Wildman–Crippen LogP) is 1.15. The molecule has 142 valence electrons. The van der Waals surface area contributed by atoms with Crippen molar-refractivity contribution in [3.8, 4) is 0 Å². The van der Waals surface area contributed by atoms with E-state index >= 15 is 0 Å². The summed E-state index contributed by atoms with van der Waals surface area (Å²) >= 11 is 16.2. The number of alkyl halides is 6. The maximum atomic E-state index is 11.7. The van der Waals surface area contributed by atoms with Crippen molar-refractivity contribution in [2.24, 2.45) is 7.05 Å². The Hall–Kier alpha value is -0.310. The summed E-state index contributed by atoms with van der Waals surface area (Å²) in [5, 5.41) is 0. The Kier molecular flexibility index (Phi) is 7.83. The van der Waals surface area contributed by atoms with Gasteiger partial charge in [-0.2, -0.15) is 21.6 Å². The molecule has 1 aromatic heterocycles. The summed E-state index contributed by atoms with van der Waals surface area (Å²) in [5.74, 6) is 0.476. The number of halogens is 6. The molecule has 16 heteroatoms. The second-order valence-corrected chi connectivity index (χ2v) is 9.36. The quantitative estimate of drug-likeness (QED) is 0.291. The molecule has 0 bridgehead atoms. The average molecular weight is 458 g/mol. The fourth-order valence-electron chi connectivity index (χ4n) is 0.966. The van der Waals surface area contributed by atoms with E-state index in [2.05, 4.69) is 4.18 Å². The van der Waals surface area contributed by atoms with Crippen LogP contribution in [0.25, 0.3) is 0 Å². The maximum Gasteiger partial charge on any atom is 0.485 e. The summed E-state index contributed by atoms with van der Waals surface area (Å²) in [5.41, 5.74) is -5.65. The third-order valence-electron chi connectivity index (χ3n) is 2.15. The van der Waals surface area contributed by atoms with Crippen LogP contribution in [0.15, 0.2) is 12.4 Å². The fraction of sp³-hybridized carbons (Fsp3) is 0.625. The van der Waals surface area contributed by atoms with Gasteiger partial charge in [-0.15, -0.1) is 0 Å². The average Bonchev–Trinajstić information content (AvgIpc) is 2.66. The molecule has 0 unspecified atom stereocenters. The van der Waals surface area contributed by atoms with Gasteiger partial charge < -0.3 is 4.55 Å². The SMILES string of the molecule is Cc1n(S(=O)(=O)OCC(Cl)(Cl)Cl)cc[n+]1C.O=S(=O)([O-])C(F)(F)F. The highest BCUT2D eigenvalue weighted by atomic mass is 35.6. The molecule has 1 heterocycles. The highest BCUT2D eigenvalue weighted by Crippen LogP contribution is 2.26. The molecule has 0 fully saturated rings. The van der Waals surface area contributed by atoms with Gasteiger partial charge in [0.25, 0.3) is 5.82 Å². The van der Waals surface area contributed by atoms with Gasteiger partial charge in [0.05, 0.1) is 7.05 Å². The molecular weight excluding hydrogens is 448 g/mol. The summed E-state index contributed by atoms with van der Waals surface area (Å²) in [6.45, 7) is 1.08. The van der Waals surface area contributed by atoms with Crippen molar-refractivity contribution in [1.82, 2.24) is 3.97 Å². The van der Waals surface area contributed by atoms with Gasteiger partial charge in [-0.1, -0.05) is 38.8 Å². The lowest BCUT2D eigenvalue weighted by molar-refractivity contribution is -0.676. The minimum Gasteiger partial charge on any atom is -0.741 e. The molecule has 0 spiro atoms. The van der Waals surface area contributed by atoms with E-state index in [1.165, 1.54) is 6.20 Å². The molecule has 1 aromatic rings. The van der Waals surface area contributed by atoms with Gasteiger partial charge in [0.2, 0.25) is 3.79 Å². The highest BCUT2D eigenvalue weighted by Gasteiger charge is 2.37. The second-order valence-electron chi connectivity index (χ2n) is 3.99. The number of imidazole rings is 1. The van der Waals surface area contributed by atoms with Crippen LogP contribution in [0.5, 0.6) is 0 Å². The Bertz CT molecular complexity index is 770. The van der Waals surface area contributed by atoms with E-state index in [4.69, 9.17) is 47.8 Å². The lowest BCUT2D eigenvalue weighted by atomic mass is 10.7. The standard InChI is InChI=1S/C7H10Cl3N2O3S.CHF3O3S/c1-6-11(2)3-4-12(6)16(13,14)15-5-7(8,9)10;2-1(3,4)8(5,6)7/h3-4H,5H2,1-2H3;(H,5,6,7)/q+1;/p-1. The van der Waals surface area contributed by atoms with E-state index < -0.39 is 36.3 Å². The Labute approximate surface area is 150 Å². The minimum atomic E-state index is -6.09. The van der Waals surface area contributed by atoms with Crippen LogP contribution in [0.4, 0.5) is 13.2 Å². The molecule has 24 heavy (non-hydrogen) atoms. The van der Waals surface area contributed by atoms with Crippen molar-refractivity contribution in [2.45, 2.75) is 16.2 Å². The number of aryl methyl sites for hydroxylation is 1. The molecule has 0 saturated heterocycles. The van der Waals surface area contributed by atoms with Crippen molar-refractivity contribution < 1.29 is 43.3 Å². The van der Waals surface area contributed by atoms with Crippen LogP contribution in [-0.4, -0.2) is 41.3 Å². The number of nitrogens with zero attached hydrogens (tertiary/aromatic N) is 2. The lowest BCUT2D eigenvalue weighted by Crippen LogP contribution is -2.32. The second kappa shape index (κ2) is 7.93.